The van der Waals surface area contributed by atoms with E-state index in [0.29, 0.717) is 0 Å². The van der Waals surface area contributed by atoms with Gasteiger partial charge in [0.05, 0.1) is 21.3 Å². The Morgan fingerprint density at radius 2 is 1.83 bits per heavy atom. The Balaban J connectivity index is 3.57. The number of hydrogen-bond donors (Lipinski definition) is 0. The summed E-state index contributed by atoms with van der Waals surface area (Å²) >= 11 is 0. The van der Waals surface area contributed by atoms with Crippen LogP contribution in [-0.2, 0) is 10.9 Å². The fraction of sp³-hybridized carbons (Fsp3) is 0.400. The third-order valence-electron chi connectivity index (χ3n) is 2.05. The van der Waals surface area contributed by atoms with Gasteiger partial charge in [-0.25, -0.2) is 9.78 Å². The van der Waals surface area contributed by atoms with E-state index < -0.39 is 23.4 Å². The number of pyridine rings is 1. The molecule has 1 heterocycles. The Morgan fingerprint density at radius 3 is 2.22 bits per heavy atom. The Hall–Kier alpha value is -1.99. The molecule has 0 fully saturated rings. The molecular weight excluding hydrogens is 255 g/mol. The van der Waals surface area contributed by atoms with Crippen molar-refractivity contribution in [1.82, 2.24) is 4.98 Å². The average Bonchev–Trinajstić information content (AvgIpc) is 2.34. The Bertz CT molecular complexity index is 459. The van der Waals surface area contributed by atoms with Crippen molar-refractivity contribution in [2.24, 2.45) is 0 Å². The molecule has 0 N–H and O–H groups in total. The predicted octanol–water partition coefficient (Wildman–Crippen LogP) is 1.90. The van der Waals surface area contributed by atoms with Gasteiger partial charge < -0.3 is 14.2 Å². The number of carbonyl (C=O) groups is 1. The highest BCUT2D eigenvalue weighted by Gasteiger charge is 2.40. The fourth-order valence-corrected chi connectivity index (χ4v) is 1.27. The van der Waals surface area contributed by atoms with Crippen molar-refractivity contribution in [3.05, 3.63) is 17.3 Å². The van der Waals surface area contributed by atoms with E-state index in [1.165, 1.54) is 0 Å². The van der Waals surface area contributed by atoms with E-state index in [0.717, 1.165) is 27.4 Å². The number of carbonyl (C=O) groups excluding carboxylic acids is 1. The van der Waals surface area contributed by atoms with Crippen molar-refractivity contribution in [2.75, 3.05) is 21.3 Å². The molecule has 0 aliphatic rings. The van der Waals surface area contributed by atoms with Crippen molar-refractivity contribution >= 4 is 5.97 Å². The van der Waals surface area contributed by atoms with Crippen LogP contribution in [0.4, 0.5) is 13.2 Å². The van der Waals surface area contributed by atoms with E-state index in [1.54, 1.807) is 0 Å². The molecule has 0 aliphatic heterocycles. The van der Waals surface area contributed by atoms with Gasteiger partial charge >= 0.3 is 12.1 Å². The smallest absolute Gasteiger partial charge is 0.434 e. The number of rotatable bonds is 3. The van der Waals surface area contributed by atoms with Gasteiger partial charge in [0.2, 0.25) is 5.88 Å². The minimum atomic E-state index is -4.83. The highest BCUT2D eigenvalue weighted by Crippen LogP contribution is 2.37. The average molecular weight is 265 g/mol. The summed E-state index contributed by atoms with van der Waals surface area (Å²) in [5.74, 6) is -1.82. The molecule has 0 unspecified atom stereocenters. The normalized spacial score (nSPS) is 11.0. The molecule has 100 valence electrons. The van der Waals surface area contributed by atoms with Crippen molar-refractivity contribution in [3.63, 3.8) is 0 Å². The highest BCUT2D eigenvalue weighted by molar-refractivity contribution is 5.94. The topological polar surface area (TPSA) is 57.7 Å². The molecule has 0 atom stereocenters. The number of methoxy groups -OCH3 is 3. The van der Waals surface area contributed by atoms with E-state index in [1.807, 2.05) is 0 Å². The maximum Gasteiger partial charge on any atom is 0.434 e. The Morgan fingerprint density at radius 1 is 1.22 bits per heavy atom. The number of aromatic nitrogens is 1. The fourth-order valence-electron chi connectivity index (χ4n) is 1.27. The maximum atomic E-state index is 12.8. The van der Waals surface area contributed by atoms with Gasteiger partial charge in [0.25, 0.3) is 0 Å². The van der Waals surface area contributed by atoms with Crippen LogP contribution in [0.3, 0.4) is 0 Å². The Kier molecular flexibility index (Phi) is 4.00. The van der Waals surface area contributed by atoms with Crippen molar-refractivity contribution < 1.29 is 32.2 Å². The molecule has 0 spiro atoms. The molecule has 0 aromatic carbocycles. The van der Waals surface area contributed by atoms with E-state index in [2.05, 4.69) is 14.5 Å². The zero-order valence-electron chi connectivity index (χ0n) is 9.79. The third-order valence-corrected chi connectivity index (χ3v) is 2.05. The molecule has 8 heteroatoms. The van der Waals surface area contributed by atoms with Crippen molar-refractivity contribution in [3.8, 4) is 11.6 Å². The lowest BCUT2D eigenvalue weighted by atomic mass is 10.1. The van der Waals surface area contributed by atoms with Crippen molar-refractivity contribution in [1.29, 1.82) is 0 Å². The summed E-state index contributed by atoms with van der Waals surface area (Å²) in [4.78, 5) is 14.6. The molecule has 0 aliphatic carbocycles. The van der Waals surface area contributed by atoms with Gasteiger partial charge in [0.1, 0.15) is 11.3 Å². The maximum absolute atomic E-state index is 12.8. The summed E-state index contributed by atoms with van der Waals surface area (Å²) < 4.78 is 52.0. The van der Waals surface area contributed by atoms with Crippen LogP contribution >= 0.6 is 0 Å². The lowest BCUT2D eigenvalue weighted by Crippen LogP contribution is -2.18. The SMILES string of the molecule is COC(=O)c1c(OC)cc(OC)nc1C(F)(F)F. The van der Waals surface area contributed by atoms with Crippen molar-refractivity contribution in [2.45, 2.75) is 6.18 Å². The van der Waals surface area contributed by atoms with Gasteiger partial charge in [-0.15, -0.1) is 0 Å². The monoisotopic (exact) mass is 265 g/mol. The largest absolute Gasteiger partial charge is 0.496 e. The first kappa shape index (κ1) is 14.1. The molecule has 0 saturated carbocycles. The van der Waals surface area contributed by atoms with E-state index in [4.69, 9.17) is 4.74 Å². The van der Waals surface area contributed by atoms with Crippen LogP contribution < -0.4 is 9.47 Å². The van der Waals surface area contributed by atoms with Crippen LogP contribution in [-0.4, -0.2) is 32.3 Å². The molecule has 5 nitrogen and oxygen atoms in total. The first-order chi connectivity index (χ1) is 8.35. The zero-order chi connectivity index (χ0) is 13.9. The summed E-state index contributed by atoms with van der Waals surface area (Å²) in [7, 11) is 3.24. The summed E-state index contributed by atoms with van der Waals surface area (Å²) in [6, 6.07) is 1.07. The molecule has 1 aromatic rings. The van der Waals surface area contributed by atoms with Crippen LogP contribution in [0, 0.1) is 0 Å². The zero-order valence-corrected chi connectivity index (χ0v) is 9.79. The van der Waals surface area contributed by atoms with Crippen LogP contribution in [0.25, 0.3) is 0 Å². The second-order valence-electron chi connectivity index (χ2n) is 3.08. The first-order valence-corrected chi connectivity index (χ1v) is 4.63. The van der Waals surface area contributed by atoms with E-state index >= 15 is 0 Å². The van der Waals surface area contributed by atoms with Gasteiger partial charge in [-0.2, -0.15) is 13.2 Å². The Labute approximate surface area is 100 Å². The number of alkyl halides is 3. The summed E-state index contributed by atoms with van der Waals surface area (Å²) in [5, 5.41) is 0. The lowest BCUT2D eigenvalue weighted by molar-refractivity contribution is -0.142. The number of esters is 1. The third kappa shape index (κ3) is 2.63. The second kappa shape index (κ2) is 5.11. The van der Waals surface area contributed by atoms with Gasteiger partial charge in [-0.3, -0.25) is 0 Å². The minimum Gasteiger partial charge on any atom is -0.496 e. The second-order valence-corrected chi connectivity index (χ2v) is 3.08. The standard InChI is InChI=1S/C10H10F3NO4/c1-16-5-4-6(17-2)14-8(10(11,12)13)7(5)9(15)18-3/h4H,1-3H3. The highest BCUT2D eigenvalue weighted by atomic mass is 19.4. The quantitative estimate of drug-likeness (QED) is 0.781. The van der Waals surface area contributed by atoms with Gasteiger partial charge in [0, 0.05) is 6.07 Å². The first-order valence-electron chi connectivity index (χ1n) is 4.63. The minimum absolute atomic E-state index is 0.313. The van der Waals surface area contributed by atoms with Gasteiger partial charge in [-0.1, -0.05) is 0 Å². The van der Waals surface area contributed by atoms with Crippen LogP contribution in [0.5, 0.6) is 11.6 Å². The van der Waals surface area contributed by atoms with E-state index in [9.17, 15) is 18.0 Å². The molecule has 0 amide bonds. The summed E-state index contributed by atoms with van der Waals surface area (Å²) in [6.45, 7) is 0. The van der Waals surface area contributed by atoms with Crippen LogP contribution in [0.2, 0.25) is 0 Å². The lowest BCUT2D eigenvalue weighted by Gasteiger charge is -2.14. The van der Waals surface area contributed by atoms with Crippen LogP contribution in [0.1, 0.15) is 16.1 Å². The molecule has 18 heavy (non-hydrogen) atoms. The predicted molar refractivity (Wildman–Crippen MR) is 53.7 cm³/mol. The van der Waals surface area contributed by atoms with E-state index in [-0.39, 0.29) is 11.6 Å². The number of halogens is 3. The molecular formula is C10H10F3NO4. The molecule has 1 aromatic heterocycles. The molecule has 1 rings (SSSR count). The number of ether oxygens (including phenoxy) is 3. The summed E-state index contributed by atoms with van der Waals surface area (Å²) in [6.07, 6.45) is -4.83. The molecule has 0 radical (unpaired) electrons. The molecule has 0 saturated heterocycles. The van der Waals surface area contributed by atoms with Gasteiger partial charge in [0.15, 0.2) is 5.69 Å². The van der Waals surface area contributed by atoms with Crippen LogP contribution in [0.15, 0.2) is 6.07 Å². The summed E-state index contributed by atoms with van der Waals surface area (Å²) in [5.41, 5.74) is -2.20. The molecule has 0 bridgehead atoms. The van der Waals surface area contributed by atoms with Gasteiger partial charge in [-0.05, 0) is 0 Å². The number of hydrogen-bond acceptors (Lipinski definition) is 5. The number of nitrogens with zero attached hydrogens (tertiary/aromatic N) is 1.